The molecule has 34 heavy (non-hydrogen) atoms. The molecule has 0 aromatic heterocycles. The Morgan fingerprint density at radius 1 is 0.853 bits per heavy atom. The number of carbonyl (C=O) groups excluding carboxylic acids is 1. The summed E-state index contributed by atoms with van der Waals surface area (Å²) < 4.78 is 10.6. The summed E-state index contributed by atoms with van der Waals surface area (Å²) in [6.45, 7) is 6.11. The minimum absolute atomic E-state index is 0.0936. The summed E-state index contributed by atoms with van der Waals surface area (Å²) in [6, 6.07) is 23.6. The molecule has 0 saturated heterocycles. The van der Waals surface area contributed by atoms with E-state index in [1.807, 2.05) is 19.1 Å². The van der Waals surface area contributed by atoms with Gasteiger partial charge in [0.25, 0.3) is 0 Å². The second-order valence-corrected chi connectivity index (χ2v) is 8.89. The van der Waals surface area contributed by atoms with Crippen molar-refractivity contribution < 1.29 is 14.3 Å². The molecule has 5 heteroatoms. The lowest BCUT2D eigenvalue weighted by Gasteiger charge is -2.32. The molecule has 2 aliphatic heterocycles. The first-order chi connectivity index (χ1) is 16.6. The fraction of sp³-hybridized carbons (Fsp3) is 0.345. The van der Waals surface area contributed by atoms with Crippen LogP contribution in [0.2, 0.25) is 0 Å². The van der Waals surface area contributed by atoms with Gasteiger partial charge in [0.05, 0.1) is 20.3 Å². The standard InChI is InChI=1S/C16H17N.C13H17NO3/c1-2-6-14(7-3-1)12-17-11-10-15-8-4-5-9-16(15)13-17;1-9-11-7-13(17-3)12(16-2)6-10(11)4-5-14(9)8-15/h1-9H,10-13H2;6-9H,4-5H2,1-3H3. The van der Waals surface area contributed by atoms with Crippen LogP contribution in [0, 0.1) is 0 Å². The minimum atomic E-state index is 0.0936. The fourth-order valence-electron chi connectivity index (χ4n) is 4.84. The number of methoxy groups -OCH3 is 2. The largest absolute Gasteiger partial charge is 0.493 e. The van der Waals surface area contributed by atoms with Crippen LogP contribution in [-0.2, 0) is 30.7 Å². The highest BCUT2D eigenvalue weighted by Gasteiger charge is 2.24. The highest BCUT2D eigenvalue weighted by atomic mass is 16.5. The van der Waals surface area contributed by atoms with Crippen molar-refractivity contribution in [1.29, 1.82) is 0 Å². The van der Waals surface area contributed by atoms with Gasteiger partial charge in [0.1, 0.15) is 0 Å². The minimum Gasteiger partial charge on any atom is -0.493 e. The van der Waals surface area contributed by atoms with E-state index in [1.165, 1.54) is 35.2 Å². The molecule has 0 aliphatic carbocycles. The van der Waals surface area contributed by atoms with E-state index in [0.29, 0.717) is 5.75 Å². The van der Waals surface area contributed by atoms with E-state index in [-0.39, 0.29) is 6.04 Å². The van der Waals surface area contributed by atoms with Crippen LogP contribution in [0.3, 0.4) is 0 Å². The van der Waals surface area contributed by atoms with Gasteiger partial charge in [-0.15, -0.1) is 0 Å². The summed E-state index contributed by atoms with van der Waals surface area (Å²) in [5.41, 5.74) is 6.80. The van der Waals surface area contributed by atoms with Crippen LogP contribution in [0.4, 0.5) is 0 Å². The van der Waals surface area contributed by atoms with E-state index in [0.717, 1.165) is 43.8 Å². The van der Waals surface area contributed by atoms with E-state index < -0.39 is 0 Å². The smallest absolute Gasteiger partial charge is 0.210 e. The van der Waals surface area contributed by atoms with Gasteiger partial charge >= 0.3 is 0 Å². The number of amides is 1. The number of benzene rings is 3. The predicted molar refractivity (Wildman–Crippen MR) is 135 cm³/mol. The first kappa shape index (κ1) is 23.8. The summed E-state index contributed by atoms with van der Waals surface area (Å²) >= 11 is 0. The van der Waals surface area contributed by atoms with Crippen LogP contribution >= 0.6 is 0 Å². The lowest BCUT2D eigenvalue weighted by Crippen LogP contribution is -2.32. The molecule has 0 radical (unpaired) electrons. The van der Waals surface area contributed by atoms with E-state index >= 15 is 0 Å². The number of nitrogens with zero attached hydrogens (tertiary/aromatic N) is 2. The van der Waals surface area contributed by atoms with Crippen LogP contribution in [0.25, 0.3) is 0 Å². The van der Waals surface area contributed by atoms with Gasteiger partial charge in [0, 0.05) is 26.2 Å². The van der Waals surface area contributed by atoms with Gasteiger partial charge in [-0.05, 0) is 59.7 Å². The third-order valence-corrected chi connectivity index (χ3v) is 6.83. The molecular weight excluding hydrogens is 424 g/mol. The predicted octanol–water partition coefficient (Wildman–Crippen LogP) is 5.02. The van der Waals surface area contributed by atoms with Gasteiger partial charge in [-0.1, -0.05) is 54.6 Å². The molecule has 5 nitrogen and oxygen atoms in total. The molecule has 1 unspecified atom stereocenters. The zero-order valence-electron chi connectivity index (χ0n) is 20.4. The highest BCUT2D eigenvalue weighted by molar-refractivity contribution is 5.54. The number of fused-ring (bicyclic) bond motifs is 2. The monoisotopic (exact) mass is 458 g/mol. The van der Waals surface area contributed by atoms with Crippen molar-refractivity contribution in [2.45, 2.75) is 38.9 Å². The lowest BCUT2D eigenvalue weighted by atomic mass is 9.93. The van der Waals surface area contributed by atoms with Gasteiger partial charge in [0.15, 0.2) is 11.5 Å². The Morgan fingerprint density at radius 2 is 1.50 bits per heavy atom. The number of hydrogen-bond acceptors (Lipinski definition) is 4. The second kappa shape index (κ2) is 11.2. The summed E-state index contributed by atoms with van der Waals surface area (Å²) in [5, 5.41) is 0. The normalized spacial score (nSPS) is 17.0. The van der Waals surface area contributed by atoms with Crippen LogP contribution in [0.5, 0.6) is 11.5 Å². The first-order valence-corrected chi connectivity index (χ1v) is 11.9. The topological polar surface area (TPSA) is 42.0 Å². The summed E-state index contributed by atoms with van der Waals surface area (Å²) in [5.74, 6) is 1.46. The van der Waals surface area contributed by atoms with E-state index in [4.69, 9.17) is 9.47 Å². The molecule has 0 spiro atoms. The van der Waals surface area contributed by atoms with Gasteiger partial charge < -0.3 is 14.4 Å². The lowest BCUT2D eigenvalue weighted by molar-refractivity contribution is -0.120. The molecule has 1 atom stereocenters. The van der Waals surface area contributed by atoms with E-state index in [9.17, 15) is 4.79 Å². The van der Waals surface area contributed by atoms with Crippen molar-refractivity contribution in [2.75, 3.05) is 27.3 Å². The van der Waals surface area contributed by atoms with Crippen molar-refractivity contribution in [3.05, 3.63) is 94.5 Å². The molecule has 0 saturated carbocycles. The average molecular weight is 459 g/mol. The van der Waals surface area contributed by atoms with Crippen molar-refractivity contribution in [3.8, 4) is 11.5 Å². The zero-order chi connectivity index (χ0) is 23.9. The molecule has 178 valence electrons. The molecule has 3 aromatic carbocycles. The number of rotatable bonds is 5. The van der Waals surface area contributed by atoms with Crippen molar-refractivity contribution >= 4 is 6.41 Å². The summed E-state index contributed by atoms with van der Waals surface area (Å²) in [7, 11) is 3.25. The summed E-state index contributed by atoms with van der Waals surface area (Å²) in [4.78, 5) is 15.3. The van der Waals surface area contributed by atoms with Gasteiger partial charge in [-0.3, -0.25) is 9.69 Å². The Labute approximate surface area is 202 Å². The molecular formula is C29H34N2O3. The van der Waals surface area contributed by atoms with Crippen molar-refractivity contribution in [1.82, 2.24) is 9.80 Å². The Bertz CT molecular complexity index is 1100. The molecule has 2 aliphatic rings. The van der Waals surface area contributed by atoms with E-state index in [1.54, 1.807) is 19.1 Å². The number of hydrogen-bond donors (Lipinski definition) is 0. The molecule has 1 amide bonds. The Hall–Kier alpha value is -3.31. The van der Waals surface area contributed by atoms with Crippen LogP contribution < -0.4 is 9.47 Å². The molecule has 0 bridgehead atoms. The SMILES string of the molecule is COc1cc2c(cc1OC)C(C)N(C=O)CC2.c1ccc(CN2CCc3ccccc3C2)cc1. The molecule has 0 N–H and O–H groups in total. The van der Waals surface area contributed by atoms with Crippen LogP contribution in [0.15, 0.2) is 66.7 Å². The maximum absolute atomic E-state index is 10.9. The third kappa shape index (κ3) is 5.42. The second-order valence-electron chi connectivity index (χ2n) is 8.89. The quantitative estimate of drug-likeness (QED) is 0.503. The maximum atomic E-state index is 10.9. The Balaban J connectivity index is 0.000000161. The zero-order valence-corrected chi connectivity index (χ0v) is 20.4. The van der Waals surface area contributed by atoms with Crippen molar-refractivity contribution in [2.24, 2.45) is 0 Å². The molecule has 0 fully saturated rings. The number of ether oxygens (including phenoxy) is 2. The molecule has 5 rings (SSSR count). The van der Waals surface area contributed by atoms with Crippen LogP contribution in [-0.4, -0.2) is 43.5 Å². The highest BCUT2D eigenvalue weighted by Crippen LogP contribution is 2.37. The molecule has 3 aromatic rings. The maximum Gasteiger partial charge on any atom is 0.210 e. The third-order valence-electron chi connectivity index (χ3n) is 6.83. The fourth-order valence-corrected chi connectivity index (χ4v) is 4.84. The number of carbonyl (C=O) groups is 1. The van der Waals surface area contributed by atoms with Gasteiger partial charge in [-0.25, -0.2) is 0 Å². The van der Waals surface area contributed by atoms with Crippen molar-refractivity contribution in [3.63, 3.8) is 0 Å². The summed E-state index contributed by atoms with van der Waals surface area (Å²) in [6.07, 6.45) is 2.95. The molecule has 2 heterocycles. The van der Waals surface area contributed by atoms with Gasteiger partial charge in [-0.2, -0.15) is 0 Å². The van der Waals surface area contributed by atoms with E-state index in [2.05, 4.69) is 59.5 Å². The Kier molecular flexibility index (Phi) is 7.86. The first-order valence-electron chi connectivity index (χ1n) is 11.9. The average Bonchev–Trinajstić information content (AvgIpc) is 2.89. The Morgan fingerprint density at radius 3 is 2.21 bits per heavy atom. The van der Waals surface area contributed by atoms with Crippen LogP contribution in [0.1, 0.15) is 40.8 Å². The van der Waals surface area contributed by atoms with Gasteiger partial charge in [0.2, 0.25) is 6.41 Å².